The third kappa shape index (κ3) is 3.81. The number of nitrogens with one attached hydrogen (secondary N) is 2. The van der Waals surface area contributed by atoms with Gasteiger partial charge in [0.05, 0.1) is 11.9 Å². The highest BCUT2D eigenvalue weighted by Gasteiger charge is 2.37. The number of nitrogens with zero attached hydrogens (tertiary/aromatic N) is 4. The molecule has 1 unspecified atom stereocenters. The number of hydrogen-bond donors (Lipinski definition) is 3. The number of pyridine rings is 1. The van der Waals surface area contributed by atoms with Gasteiger partial charge in [-0.05, 0) is 31.5 Å². The van der Waals surface area contributed by atoms with E-state index < -0.39 is 5.92 Å². The van der Waals surface area contributed by atoms with Gasteiger partial charge in [-0.3, -0.25) is 9.88 Å². The molecule has 0 saturated carbocycles. The summed E-state index contributed by atoms with van der Waals surface area (Å²) < 4.78 is 29.2. The molecule has 3 aromatic heterocycles. The Bertz CT molecular complexity index is 941. The number of nitrogens with two attached hydrogens (primary N) is 1. The van der Waals surface area contributed by atoms with Gasteiger partial charge in [0.1, 0.15) is 17.8 Å². The molecule has 0 aliphatic carbocycles. The summed E-state index contributed by atoms with van der Waals surface area (Å²) in [6, 6.07) is 4.61. The van der Waals surface area contributed by atoms with Gasteiger partial charge in [-0.2, -0.15) is 8.78 Å². The summed E-state index contributed by atoms with van der Waals surface area (Å²) in [4.78, 5) is 17.2. The summed E-state index contributed by atoms with van der Waals surface area (Å²) in [5, 5.41) is 4.25. The second kappa shape index (κ2) is 7.40. The first-order valence-electron chi connectivity index (χ1n) is 9.26. The molecule has 4 N–H and O–H groups in total. The molecule has 0 aromatic carbocycles. The highest BCUT2D eigenvalue weighted by Crippen LogP contribution is 2.30. The Balaban J connectivity index is 1.40. The van der Waals surface area contributed by atoms with E-state index >= 15 is 0 Å². The van der Waals surface area contributed by atoms with Crippen molar-refractivity contribution in [1.29, 1.82) is 0 Å². The van der Waals surface area contributed by atoms with Gasteiger partial charge in [-0.25, -0.2) is 9.97 Å². The molecule has 4 heterocycles. The number of fused-ring (bicyclic) bond motifs is 1. The molecule has 2 atom stereocenters. The Morgan fingerprint density at radius 2 is 2.14 bits per heavy atom. The zero-order chi connectivity index (χ0) is 19.7. The predicted octanol–water partition coefficient (Wildman–Crippen LogP) is 2.27. The first-order valence-corrected chi connectivity index (χ1v) is 9.26. The Morgan fingerprint density at radius 3 is 2.89 bits per heavy atom. The standard InChI is InChI=1S/C19H23F2N7/c1-12-2-3-13(8-24-12)19(20,21)10-28-7-5-16(15(22)9-28)27-18-14-4-6-23-17(14)25-11-26-18/h2-4,6,8,11,15-16H,5,7,9-10,22H2,1H3,(H2,23,25,26,27)/t15?,16-/m0/s1. The van der Waals surface area contributed by atoms with Crippen molar-refractivity contribution < 1.29 is 8.78 Å². The van der Waals surface area contributed by atoms with Crippen molar-refractivity contribution in [1.82, 2.24) is 24.8 Å². The molecule has 9 heteroatoms. The Hall–Kier alpha value is -2.65. The number of hydrogen-bond acceptors (Lipinski definition) is 6. The zero-order valence-corrected chi connectivity index (χ0v) is 15.6. The molecular weight excluding hydrogens is 364 g/mol. The van der Waals surface area contributed by atoms with E-state index in [4.69, 9.17) is 5.73 Å². The molecule has 1 saturated heterocycles. The van der Waals surface area contributed by atoms with Crippen LogP contribution in [0.3, 0.4) is 0 Å². The van der Waals surface area contributed by atoms with Crippen LogP contribution in [0.1, 0.15) is 17.7 Å². The molecule has 0 radical (unpaired) electrons. The monoisotopic (exact) mass is 387 g/mol. The van der Waals surface area contributed by atoms with Gasteiger partial charge in [-0.15, -0.1) is 0 Å². The first-order chi connectivity index (χ1) is 13.4. The average Bonchev–Trinajstić information content (AvgIpc) is 3.14. The molecule has 1 fully saturated rings. The van der Waals surface area contributed by atoms with Gasteiger partial charge in [0.2, 0.25) is 0 Å². The third-order valence-corrected chi connectivity index (χ3v) is 5.17. The topological polar surface area (TPSA) is 95.8 Å². The van der Waals surface area contributed by atoms with Crippen LogP contribution >= 0.6 is 0 Å². The number of aromatic amines is 1. The van der Waals surface area contributed by atoms with Crippen molar-refractivity contribution in [3.05, 3.63) is 48.2 Å². The van der Waals surface area contributed by atoms with Crippen LogP contribution in [0.2, 0.25) is 0 Å². The number of piperidine rings is 1. The Morgan fingerprint density at radius 1 is 1.29 bits per heavy atom. The van der Waals surface area contributed by atoms with Gasteiger partial charge < -0.3 is 16.0 Å². The minimum absolute atomic E-state index is 0.0427. The Kier molecular flexibility index (Phi) is 4.94. The van der Waals surface area contributed by atoms with Crippen molar-refractivity contribution in [2.24, 2.45) is 5.73 Å². The zero-order valence-electron chi connectivity index (χ0n) is 15.6. The van der Waals surface area contributed by atoms with E-state index in [0.717, 1.165) is 16.7 Å². The summed E-state index contributed by atoms with van der Waals surface area (Å²) in [5.74, 6) is -2.26. The van der Waals surface area contributed by atoms with E-state index in [1.807, 2.05) is 6.07 Å². The second-order valence-electron chi connectivity index (χ2n) is 7.29. The van der Waals surface area contributed by atoms with E-state index in [1.165, 1.54) is 18.6 Å². The number of H-pyrrole nitrogens is 1. The van der Waals surface area contributed by atoms with Crippen LogP contribution in [-0.4, -0.2) is 56.6 Å². The van der Waals surface area contributed by atoms with Gasteiger partial charge >= 0.3 is 0 Å². The summed E-state index contributed by atoms with van der Waals surface area (Å²) in [5.41, 5.74) is 7.70. The first kappa shape index (κ1) is 18.7. The van der Waals surface area contributed by atoms with Crippen LogP contribution < -0.4 is 11.1 Å². The van der Waals surface area contributed by atoms with Crippen molar-refractivity contribution >= 4 is 16.9 Å². The molecular formula is C19H23F2N7. The summed E-state index contributed by atoms with van der Waals surface area (Å²) in [6.07, 6.45) is 5.19. The van der Waals surface area contributed by atoms with Crippen LogP contribution in [0.15, 0.2) is 36.9 Å². The number of aryl methyl sites for hydroxylation is 1. The molecule has 3 aromatic rings. The van der Waals surface area contributed by atoms with Crippen LogP contribution in [0.25, 0.3) is 11.0 Å². The molecule has 148 valence electrons. The lowest BCUT2D eigenvalue weighted by molar-refractivity contribution is -0.0439. The van der Waals surface area contributed by atoms with Crippen molar-refractivity contribution in [3.63, 3.8) is 0 Å². The van der Waals surface area contributed by atoms with Gasteiger partial charge in [0.25, 0.3) is 5.92 Å². The minimum atomic E-state index is -2.97. The van der Waals surface area contributed by atoms with Crippen molar-refractivity contribution in [2.45, 2.75) is 31.4 Å². The fourth-order valence-electron chi connectivity index (χ4n) is 3.59. The van der Waals surface area contributed by atoms with Gasteiger partial charge in [0, 0.05) is 48.8 Å². The van der Waals surface area contributed by atoms with Crippen LogP contribution in [0.5, 0.6) is 0 Å². The van der Waals surface area contributed by atoms with Crippen LogP contribution in [0.4, 0.5) is 14.6 Å². The smallest absolute Gasteiger partial charge is 0.287 e. The summed E-state index contributed by atoms with van der Waals surface area (Å²) in [7, 11) is 0. The minimum Gasteiger partial charge on any atom is -0.365 e. The largest absolute Gasteiger partial charge is 0.365 e. The van der Waals surface area contributed by atoms with Crippen molar-refractivity contribution in [2.75, 3.05) is 25.0 Å². The highest BCUT2D eigenvalue weighted by atomic mass is 19.3. The fourth-order valence-corrected chi connectivity index (χ4v) is 3.59. The maximum atomic E-state index is 14.6. The molecule has 0 spiro atoms. The summed E-state index contributed by atoms with van der Waals surface area (Å²) in [6.45, 7) is 2.32. The fraction of sp³-hybridized carbons (Fsp3) is 0.421. The third-order valence-electron chi connectivity index (χ3n) is 5.17. The van der Waals surface area contributed by atoms with Crippen LogP contribution in [0, 0.1) is 6.92 Å². The number of alkyl halides is 2. The van der Waals surface area contributed by atoms with Crippen LogP contribution in [-0.2, 0) is 5.92 Å². The maximum Gasteiger partial charge on any atom is 0.287 e. The average molecular weight is 387 g/mol. The lowest BCUT2D eigenvalue weighted by Gasteiger charge is -2.38. The van der Waals surface area contributed by atoms with Gasteiger partial charge in [-0.1, -0.05) is 0 Å². The summed E-state index contributed by atoms with van der Waals surface area (Å²) >= 11 is 0. The lowest BCUT2D eigenvalue weighted by atomic mass is 9.98. The van der Waals surface area contributed by atoms with E-state index in [2.05, 4.69) is 25.3 Å². The van der Waals surface area contributed by atoms with E-state index in [0.29, 0.717) is 25.3 Å². The van der Waals surface area contributed by atoms with E-state index in [9.17, 15) is 8.78 Å². The number of likely N-dealkylation sites (tertiary alicyclic amines) is 1. The molecule has 1 aliphatic rings. The normalized spacial score (nSPS) is 21.1. The Labute approximate surface area is 161 Å². The molecule has 0 amide bonds. The van der Waals surface area contributed by atoms with Gasteiger partial charge in [0.15, 0.2) is 0 Å². The van der Waals surface area contributed by atoms with E-state index in [1.54, 1.807) is 24.1 Å². The number of halogens is 2. The highest BCUT2D eigenvalue weighted by molar-refractivity contribution is 5.86. The number of rotatable bonds is 5. The van der Waals surface area contributed by atoms with E-state index in [-0.39, 0.29) is 24.2 Å². The quantitative estimate of drug-likeness (QED) is 0.622. The predicted molar refractivity (Wildman–Crippen MR) is 103 cm³/mol. The maximum absolute atomic E-state index is 14.6. The number of anilines is 1. The van der Waals surface area contributed by atoms with Crippen molar-refractivity contribution in [3.8, 4) is 0 Å². The lowest BCUT2D eigenvalue weighted by Crippen LogP contribution is -2.55. The second-order valence-corrected chi connectivity index (χ2v) is 7.29. The SMILES string of the molecule is Cc1ccc(C(F)(F)CN2CC[C@H](Nc3ncnc4[nH]ccc34)C(N)C2)cn1. The molecule has 0 bridgehead atoms. The molecule has 4 rings (SSSR count). The molecule has 7 nitrogen and oxygen atoms in total. The molecule has 1 aliphatic heterocycles. The number of aromatic nitrogens is 4. The molecule has 28 heavy (non-hydrogen) atoms.